The predicted molar refractivity (Wildman–Crippen MR) is 87.0 cm³/mol. The molecule has 0 aliphatic carbocycles. The molecule has 0 saturated carbocycles. The Kier molecular flexibility index (Phi) is 5.51. The summed E-state index contributed by atoms with van der Waals surface area (Å²) in [7, 11) is 0. The third kappa shape index (κ3) is 4.16. The number of nitrogens with one attached hydrogen (secondary N) is 1. The Morgan fingerprint density at radius 1 is 1.14 bits per heavy atom. The number of nitrogens with two attached hydrogens (primary N) is 1. The van der Waals surface area contributed by atoms with Gasteiger partial charge < -0.3 is 11.1 Å². The lowest BCUT2D eigenvalue weighted by molar-refractivity contribution is 0.228. The maximum Gasteiger partial charge on any atom is 0.221 e. The van der Waals surface area contributed by atoms with Crippen LogP contribution < -0.4 is 11.1 Å². The van der Waals surface area contributed by atoms with E-state index in [4.69, 9.17) is 5.73 Å². The molecule has 5 nitrogen and oxygen atoms in total. The molecule has 0 aliphatic rings. The molecule has 1 atom stereocenters. The van der Waals surface area contributed by atoms with Crippen LogP contribution in [0.5, 0.6) is 0 Å². The third-order valence-electron chi connectivity index (χ3n) is 3.59. The van der Waals surface area contributed by atoms with Crippen LogP contribution in [-0.4, -0.2) is 34.5 Å². The van der Waals surface area contributed by atoms with Crippen molar-refractivity contribution in [1.82, 2.24) is 14.9 Å². The summed E-state index contributed by atoms with van der Waals surface area (Å²) in [5, 5.41) is 3.36. The molecule has 2 rings (SSSR count). The third-order valence-corrected chi connectivity index (χ3v) is 3.59. The molecule has 1 aromatic carbocycles. The summed E-state index contributed by atoms with van der Waals surface area (Å²) in [6.45, 7) is 7.15. The fourth-order valence-corrected chi connectivity index (χ4v) is 2.47. The van der Waals surface area contributed by atoms with Gasteiger partial charge >= 0.3 is 0 Å². The maximum absolute atomic E-state index is 5.62. The Hall–Kier alpha value is -2.14. The predicted octanol–water partition coefficient (Wildman–Crippen LogP) is 2.55. The SMILES string of the molecule is CCN(CC)C(CNc1ccnc(N)n1)c1ccccc1. The van der Waals surface area contributed by atoms with Crippen LogP contribution in [0, 0.1) is 0 Å². The monoisotopic (exact) mass is 285 g/mol. The van der Waals surface area contributed by atoms with Gasteiger partial charge in [0.25, 0.3) is 0 Å². The van der Waals surface area contributed by atoms with Gasteiger partial charge in [0.15, 0.2) is 0 Å². The summed E-state index contributed by atoms with van der Waals surface area (Å²) in [6, 6.07) is 12.7. The van der Waals surface area contributed by atoms with E-state index in [9.17, 15) is 0 Å². The van der Waals surface area contributed by atoms with Crippen LogP contribution in [-0.2, 0) is 0 Å². The van der Waals surface area contributed by atoms with Crippen LogP contribution in [0.25, 0.3) is 0 Å². The van der Waals surface area contributed by atoms with Crippen molar-refractivity contribution in [2.24, 2.45) is 0 Å². The summed E-state index contributed by atoms with van der Waals surface area (Å²) >= 11 is 0. The maximum atomic E-state index is 5.62. The average Bonchev–Trinajstić information content (AvgIpc) is 2.52. The van der Waals surface area contributed by atoms with Crippen molar-refractivity contribution in [3.63, 3.8) is 0 Å². The van der Waals surface area contributed by atoms with E-state index in [-0.39, 0.29) is 0 Å². The largest absolute Gasteiger partial charge is 0.368 e. The van der Waals surface area contributed by atoms with Gasteiger partial charge in [0, 0.05) is 12.7 Å². The second-order valence-corrected chi connectivity index (χ2v) is 4.83. The zero-order valence-electron chi connectivity index (χ0n) is 12.7. The quantitative estimate of drug-likeness (QED) is 0.818. The Bertz CT molecular complexity index is 539. The van der Waals surface area contributed by atoms with E-state index in [0.29, 0.717) is 12.0 Å². The Morgan fingerprint density at radius 3 is 2.48 bits per heavy atom. The molecule has 0 aliphatic heterocycles. The first-order valence-corrected chi connectivity index (χ1v) is 7.36. The molecule has 0 amide bonds. The molecule has 1 unspecified atom stereocenters. The summed E-state index contributed by atoms with van der Waals surface area (Å²) in [4.78, 5) is 10.5. The van der Waals surface area contributed by atoms with Gasteiger partial charge in [-0.3, -0.25) is 4.90 Å². The zero-order valence-corrected chi connectivity index (χ0v) is 12.7. The second-order valence-electron chi connectivity index (χ2n) is 4.83. The summed E-state index contributed by atoms with van der Waals surface area (Å²) in [6.07, 6.45) is 1.67. The van der Waals surface area contributed by atoms with Gasteiger partial charge in [-0.1, -0.05) is 44.2 Å². The van der Waals surface area contributed by atoms with Crippen LogP contribution >= 0.6 is 0 Å². The molecule has 0 saturated heterocycles. The van der Waals surface area contributed by atoms with Crippen LogP contribution in [0.1, 0.15) is 25.5 Å². The molecule has 0 fully saturated rings. The highest BCUT2D eigenvalue weighted by Gasteiger charge is 2.17. The smallest absolute Gasteiger partial charge is 0.221 e. The van der Waals surface area contributed by atoms with Gasteiger partial charge in [0.2, 0.25) is 5.95 Å². The molecule has 5 heteroatoms. The molecule has 1 aromatic heterocycles. The van der Waals surface area contributed by atoms with Gasteiger partial charge in [0.1, 0.15) is 5.82 Å². The van der Waals surface area contributed by atoms with E-state index < -0.39 is 0 Å². The highest BCUT2D eigenvalue weighted by molar-refractivity contribution is 5.38. The van der Waals surface area contributed by atoms with Gasteiger partial charge in [-0.2, -0.15) is 4.98 Å². The van der Waals surface area contributed by atoms with Crippen molar-refractivity contribution in [2.45, 2.75) is 19.9 Å². The van der Waals surface area contributed by atoms with Crippen molar-refractivity contribution < 1.29 is 0 Å². The first kappa shape index (κ1) is 15.3. The second kappa shape index (κ2) is 7.59. The highest BCUT2D eigenvalue weighted by Crippen LogP contribution is 2.20. The Balaban J connectivity index is 2.13. The van der Waals surface area contributed by atoms with Gasteiger partial charge in [-0.05, 0) is 24.7 Å². The number of nitrogen functional groups attached to an aromatic ring is 1. The molecule has 112 valence electrons. The fourth-order valence-electron chi connectivity index (χ4n) is 2.47. The number of benzene rings is 1. The Labute approximate surface area is 126 Å². The van der Waals surface area contributed by atoms with Crippen LogP contribution in [0.3, 0.4) is 0 Å². The number of likely N-dealkylation sites (N-methyl/N-ethyl adjacent to an activating group) is 1. The van der Waals surface area contributed by atoms with Crippen molar-refractivity contribution >= 4 is 11.8 Å². The number of aromatic nitrogens is 2. The lowest BCUT2D eigenvalue weighted by Crippen LogP contribution is -2.33. The van der Waals surface area contributed by atoms with E-state index in [2.05, 4.69) is 58.3 Å². The van der Waals surface area contributed by atoms with E-state index in [0.717, 1.165) is 25.5 Å². The van der Waals surface area contributed by atoms with Crippen LogP contribution in [0.4, 0.5) is 11.8 Å². The topological polar surface area (TPSA) is 67.1 Å². The van der Waals surface area contributed by atoms with Gasteiger partial charge in [-0.15, -0.1) is 0 Å². The Morgan fingerprint density at radius 2 is 1.86 bits per heavy atom. The van der Waals surface area contributed by atoms with Crippen molar-refractivity contribution in [1.29, 1.82) is 0 Å². The molecule has 2 aromatic rings. The number of hydrogen-bond acceptors (Lipinski definition) is 5. The van der Waals surface area contributed by atoms with Crippen molar-refractivity contribution in [3.8, 4) is 0 Å². The number of rotatable bonds is 7. The minimum atomic E-state index is 0.291. The molecular weight excluding hydrogens is 262 g/mol. The molecule has 1 heterocycles. The summed E-state index contributed by atoms with van der Waals surface area (Å²) in [5.74, 6) is 1.05. The van der Waals surface area contributed by atoms with E-state index >= 15 is 0 Å². The normalized spacial score (nSPS) is 12.3. The van der Waals surface area contributed by atoms with Crippen LogP contribution in [0.2, 0.25) is 0 Å². The minimum Gasteiger partial charge on any atom is -0.368 e. The van der Waals surface area contributed by atoms with E-state index in [1.165, 1.54) is 5.56 Å². The summed E-state index contributed by atoms with van der Waals surface area (Å²) < 4.78 is 0. The lowest BCUT2D eigenvalue weighted by Gasteiger charge is -2.30. The van der Waals surface area contributed by atoms with E-state index in [1.807, 2.05) is 12.1 Å². The average molecular weight is 285 g/mol. The molecule has 0 spiro atoms. The first-order chi connectivity index (χ1) is 10.2. The lowest BCUT2D eigenvalue weighted by atomic mass is 10.1. The highest BCUT2D eigenvalue weighted by atomic mass is 15.2. The molecule has 0 bridgehead atoms. The van der Waals surface area contributed by atoms with Gasteiger partial charge in [0.05, 0.1) is 6.04 Å². The summed E-state index contributed by atoms with van der Waals surface area (Å²) in [5.41, 5.74) is 6.92. The van der Waals surface area contributed by atoms with Crippen molar-refractivity contribution in [2.75, 3.05) is 30.7 Å². The molecule has 0 radical (unpaired) electrons. The molecule has 21 heavy (non-hydrogen) atoms. The fraction of sp³-hybridized carbons (Fsp3) is 0.375. The van der Waals surface area contributed by atoms with E-state index in [1.54, 1.807) is 6.20 Å². The van der Waals surface area contributed by atoms with Gasteiger partial charge in [-0.25, -0.2) is 4.98 Å². The van der Waals surface area contributed by atoms with Crippen LogP contribution in [0.15, 0.2) is 42.6 Å². The molecule has 3 N–H and O–H groups in total. The number of nitrogens with zero attached hydrogens (tertiary/aromatic N) is 3. The number of anilines is 2. The molecular formula is C16H23N5. The number of hydrogen-bond donors (Lipinski definition) is 2. The van der Waals surface area contributed by atoms with Crippen molar-refractivity contribution in [3.05, 3.63) is 48.2 Å². The standard InChI is InChI=1S/C16H23N5/c1-3-21(4-2)14(13-8-6-5-7-9-13)12-19-15-10-11-18-16(17)20-15/h5-11,14H,3-4,12H2,1-2H3,(H3,17,18,19,20). The minimum absolute atomic E-state index is 0.291. The zero-order chi connectivity index (χ0) is 15.1. The first-order valence-electron chi connectivity index (χ1n) is 7.36.